The van der Waals surface area contributed by atoms with Crippen molar-refractivity contribution in [2.45, 2.75) is 63.6 Å². The maximum atomic E-state index is 12.8. The number of nitrogens with one attached hydrogen (secondary N) is 1. The Morgan fingerprint density at radius 1 is 1.12 bits per heavy atom. The highest BCUT2D eigenvalue weighted by atomic mass is 16.4. The lowest BCUT2D eigenvalue weighted by Gasteiger charge is -2.29. The molecule has 3 aliphatic rings. The molecule has 1 aromatic carbocycles. The second kappa shape index (κ2) is 6.13. The van der Waals surface area contributed by atoms with Crippen molar-refractivity contribution in [2.75, 3.05) is 6.54 Å². The first kappa shape index (κ1) is 16.6. The van der Waals surface area contributed by atoms with Crippen LogP contribution >= 0.6 is 0 Å². The number of hydrogen-bond donors (Lipinski definition) is 2. The molecule has 2 aliphatic carbocycles. The van der Waals surface area contributed by atoms with Crippen LogP contribution in [0, 0.1) is 5.41 Å². The molecule has 2 atom stereocenters. The van der Waals surface area contributed by atoms with E-state index >= 15 is 0 Å². The Balaban J connectivity index is 1.39. The zero-order chi connectivity index (χ0) is 17.6. The minimum absolute atomic E-state index is 0.00725. The van der Waals surface area contributed by atoms with Crippen LogP contribution in [0.1, 0.15) is 43.7 Å². The molecule has 1 saturated heterocycles. The van der Waals surface area contributed by atoms with Gasteiger partial charge in [0, 0.05) is 12.6 Å². The summed E-state index contributed by atoms with van der Waals surface area (Å²) in [5.74, 6) is -0.784. The van der Waals surface area contributed by atoms with Crippen LogP contribution in [0.15, 0.2) is 24.3 Å². The van der Waals surface area contributed by atoms with Crippen LogP contribution in [0.3, 0.4) is 0 Å². The van der Waals surface area contributed by atoms with Gasteiger partial charge in [0.1, 0.15) is 6.04 Å². The number of benzene rings is 1. The second-order valence-electron chi connectivity index (χ2n) is 8.28. The molecule has 1 saturated carbocycles. The third kappa shape index (κ3) is 3.17. The van der Waals surface area contributed by atoms with Gasteiger partial charge in [-0.15, -0.1) is 0 Å². The first-order valence-corrected chi connectivity index (χ1v) is 9.32. The van der Waals surface area contributed by atoms with Crippen LogP contribution < -0.4 is 5.32 Å². The molecule has 2 fully saturated rings. The maximum absolute atomic E-state index is 12.8. The van der Waals surface area contributed by atoms with Gasteiger partial charge in [-0.3, -0.25) is 14.5 Å². The number of carbonyl (C=O) groups excluding carboxylic acids is 1. The average Bonchev–Trinajstić information content (AvgIpc) is 3.21. The molecule has 134 valence electrons. The minimum atomic E-state index is -0.791. The standard InChI is InChI=1S/C20H26N2O3/c1-20(10-13-4-2-3-5-14(13)11-20)12-21-18(23)16-8-9-17(19(24)25)22(16)15-6-7-15/h2-5,15-17H,6-12H2,1H3,(H,21,23)(H,24,25). The van der Waals surface area contributed by atoms with Crippen molar-refractivity contribution in [1.82, 2.24) is 10.2 Å². The first-order chi connectivity index (χ1) is 12.0. The summed E-state index contributed by atoms with van der Waals surface area (Å²) in [6.45, 7) is 2.87. The van der Waals surface area contributed by atoms with Gasteiger partial charge in [0.15, 0.2) is 0 Å². The molecule has 1 amide bonds. The summed E-state index contributed by atoms with van der Waals surface area (Å²) in [5, 5.41) is 12.6. The lowest BCUT2D eigenvalue weighted by molar-refractivity contribution is -0.143. The molecule has 0 bridgehead atoms. The number of amides is 1. The van der Waals surface area contributed by atoms with Gasteiger partial charge < -0.3 is 10.4 Å². The summed E-state index contributed by atoms with van der Waals surface area (Å²) >= 11 is 0. The van der Waals surface area contributed by atoms with E-state index < -0.39 is 12.0 Å². The fourth-order valence-electron chi connectivity index (χ4n) is 4.66. The van der Waals surface area contributed by atoms with Crippen molar-refractivity contribution in [3.05, 3.63) is 35.4 Å². The predicted molar refractivity (Wildman–Crippen MR) is 94.3 cm³/mol. The lowest BCUT2D eigenvalue weighted by atomic mass is 9.87. The Kier molecular flexibility index (Phi) is 4.07. The average molecular weight is 342 g/mol. The number of rotatable bonds is 5. The highest BCUT2D eigenvalue weighted by molar-refractivity contribution is 5.84. The van der Waals surface area contributed by atoms with Crippen molar-refractivity contribution >= 4 is 11.9 Å². The Bertz CT molecular complexity index is 673. The molecular formula is C20H26N2O3. The van der Waals surface area contributed by atoms with Crippen LogP contribution in [0.2, 0.25) is 0 Å². The van der Waals surface area contributed by atoms with Crippen molar-refractivity contribution in [3.63, 3.8) is 0 Å². The van der Waals surface area contributed by atoms with E-state index in [2.05, 4.69) is 36.5 Å². The predicted octanol–water partition coefficient (Wildman–Crippen LogP) is 1.99. The Hall–Kier alpha value is -1.88. The van der Waals surface area contributed by atoms with Crippen molar-refractivity contribution in [3.8, 4) is 0 Å². The van der Waals surface area contributed by atoms with E-state index in [-0.39, 0.29) is 23.4 Å². The fraction of sp³-hybridized carbons (Fsp3) is 0.600. The number of carboxylic acid groups (broad SMARTS) is 1. The molecule has 4 rings (SSSR count). The SMILES string of the molecule is CC1(CNC(=O)C2CCC(C(=O)O)N2C2CC2)Cc2ccccc2C1. The number of nitrogens with zero attached hydrogens (tertiary/aromatic N) is 1. The molecule has 2 N–H and O–H groups in total. The van der Waals surface area contributed by atoms with Crippen molar-refractivity contribution in [1.29, 1.82) is 0 Å². The summed E-state index contributed by atoms with van der Waals surface area (Å²) in [6, 6.07) is 8.00. The summed E-state index contributed by atoms with van der Waals surface area (Å²) in [4.78, 5) is 26.2. The highest BCUT2D eigenvalue weighted by Crippen LogP contribution is 2.38. The van der Waals surface area contributed by atoms with E-state index in [4.69, 9.17) is 0 Å². The van der Waals surface area contributed by atoms with Gasteiger partial charge in [0.2, 0.25) is 5.91 Å². The van der Waals surface area contributed by atoms with Crippen molar-refractivity contribution in [2.24, 2.45) is 5.41 Å². The van der Waals surface area contributed by atoms with Gasteiger partial charge in [0.25, 0.3) is 0 Å². The van der Waals surface area contributed by atoms with E-state index in [1.165, 1.54) is 11.1 Å². The van der Waals surface area contributed by atoms with E-state index in [0.29, 0.717) is 19.4 Å². The quantitative estimate of drug-likeness (QED) is 0.859. The summed E-state index contributed by atoms with van der Waals surface area (Å²) in [6.07, 6.45) is 5.22. The molecule has 1 aliphatic heterocycles. The Labute approximate surface area is 148 Å². The minimum Gasteiger partial charge on any atom is -0.480 e. The van der Waals surface area contributed by atoms with Crippen LogP contribution in [0.5, 0.6) is 0 Å². The zero-order valence-corrected chi connectivity index (χ0v) is 14.7. The molecule has 0 spiro atoms. The largest absolute Gasteiger partial charge is 0.480 e. The molecule has 1 aromatic rings. The van der Waals surface area contributed by atoms with E-state index in [0.717, 1.165) is 25.7 Å². The van der Waals surface area contributed by atoms with Crippen LogP contribution in [-0.2, 0) is 22.4 Å². The molecule has 5 nitrogen and oxygen atoms in total. The number of fused-ring (bicyclic) bond motifs is 1. The zero-order valence-electron chi connectivity index (χ0n) is 14.7. The van der Waals surface area contributed by atoms with E-state index in [1.807, 2.05) is 4.90 Å². The Morgan fingerprint density at radius 3 is 2.28 bits per heavy atom. The van der Waals surface area contributed by atoms with E-state index in [9.17, 15) is 14.7 Å². The molecule has 5 heteroatoms. The molecule has 0 radical (unpaired) electrons. The molecule has 25 heavy (non-hydrogen) atoms. The van der Waals surface area contributed by atoms with Crippen LogP contribution in [-0.4, -0.2) is 46.6 Å². The molecule has 0 aromatic heterocycles. The molecular weight excluding hydrogens is 316 g/mol. The van der Waals surface area contributed by atoms with Gasteiger partial charge in [-0.05, 0) is 55.1 Å². The van der Waals surface area contributed by atoms with Crippen molar-refractivity contribution < 1.29 is 14.7 Å². The second-order valence-corrected chi connectivity index (χ2v) is 8.28. The first-order valence-electron chi connectivity index (χ1n) is 9.32. The van der Waals surface area contributed by atoms with Crippen LogP contribution in [0.25, 0.3) is 0 Å². The summed E-state index contributed by atoms with van der Waals surface area (Å²) < 4.78 is 0. The van der Waals surface area contributed by atoms with Gasteiger partial charge in [-0.1, -0.05) is 31.2 Å². The number of aliphatic carboxylic acids is 1. The number of carboxylic acids is 1. The summed E-state index contributed by atoms with van der Waals surface area (Å²) in [7, 11) is 0. The maximum Gasteiger partial charge on any atom is 0.320 e. The molecule has 2 unspecified atom stereocenters. The van der Waals surface area contributed by atoms with Gasteiger partial charge in [-0.2, -0.15) is 0 Å². The number of likely N-dealkylation sites (tertiary alicyclic amines) is 1. The number of carbonyl (C=O) groups is 2. The fourth-order valence-corrected chi connectivity index (χ4v) is 4.66. The molecule has 1 heterocycles. The number of hydrogen-bond acceptors (Lipinski definition) is 3. The smallest absolute Gasteiger partial charge is 0.320 e. The Morgan fingerprint density at radius 2 is 1.72 bits per heavy atom. The third-order valence-corrected chi connectivity index (χ3v) is 6.03. The topological polar surface area (TPSA) is 69.6 Å². The lowest BCUT2D eigenvalue weighted by Crippen LogP contribution is -2.50. The third-order valence-electron chi connectivity index (χ3n) is 6.03. The normalized spacial score (nSPS) is 27.9. The highest BCUT2D eigenvalue weighted by Gasteiger charge is 2.48. The van der Waals surface area contributed by atoms with E-state index in [1.54, 1.807) is 0 Å². The van der Waals surface area contributed by atoms with Crippen LogP contribution in [0.4, 0.5) is 0 Å². The van der Waals surface area contributed by atoms with Gasteiger partial charge in [0.05, 0.1) is 6.04 Å². The monoisotopic (exact) mass is 342 g/mol. The summed E-state index contributed by atoms with van der Waals surface area (Å²) in [5.41, 5.74) is 2.81. The van der Waals surface area contributed by atoms with Gasteiger partial charge >= 0.3 is 5.97 Å². The van der Waals surface area contributed by atoms with Gasteiger partial charge in [-0.25, -0.2) is 0 Å².